The summed E-state index contributed by atoms with van der Waals surface area (Å²) in [6.45, 7) is 3.92. The average Bonchev–Trinajstić information content (AvgIpc) is 2.81. The molecule has 4 nitrogen and oxygen atoms in total. The van der Waals surface area contributed by atoms with E-state index < -0.39 is 5.82 Å². The molecule has 0 bridgehead atoms. The number of halogens is 1. The first kappa shape index (κ1) is 12.4. The zero-order chi connectivity index (χ0) is 13.1. The van der Waals surface area contributed by atoms with Crippen molar-refractivity contribution in [3.63, 3.8) is 0 Å². The van der Waals surface area contributed by atoms with Gasteiger partial charge >= 0.3 is 0 Å². The zero-order valence-corrected chi connectivity index (χ0v) is 10.4. The van der Waals surface area contributed by atoms with E-state index in [9.17, 15) is 9.18 Å². The fraction of sp³-hybridized carbons (Fsp3) is 0.308. The third-order valence-electron chi connectivity index (χ3n) is 2.64. The van der Waals surface area contributed by atoms with Crippen molar-refractivity contribution in [2.24, 2.45) is 0 Å². The molecule has 18 heavy (non-hydrogen) atoms. The molecule has 1 aromatic heterocycles. The second kappa shape index (κ2) is 5.08. The Bertz CT molecular complexity index is 578. The summed E-state index contributed by atoms with van der Waals surface area (Å²) in [7, 11) is 0. The van der Waals surface area contributed by atoms with Gasteiger partial charge in [0.2, 0.25) is 0 Å². The molecule has 94 valence electrons. The van der Waals surface area contributed by atoms with Crippen molar-refractivity contribution in [1.82, 2.24) is 14.8 Å². The van der Waals surface area contributed by atoms with Crippen LogP contribution < -0.4 is 0 Å². The van der Waals surface area contributed by atoms with Crippen molar-refractivity contribution < 1.29 is 9.18 Å². The molecule has 0 N–H and O–H groups in total. The van der Waals surface area contributed by atoms with Crippen LogP contribution in [0.15, 0.2) is 18.2 Å². The quantitative estimate of drug-likeness (QED) is 0.779. The van der Waals surface area contributed by atoms with Gasteiger partial charge in [0.25, 0.3) is 0 Å². The predicted molar refractivity (Wildman–Crippen MR) is 65.5 cm³/mol. The van der Waals surface area contributed by atoms with Gasteiger partial charge in [0.05, 0.1) is 5.69 Å². The molecule has 0 amide bonds. The molecule has 0 aliphatic carbocycles. The Hall–Kier alpha value is -2.04. The van der Waals surface area contributed by atoms with Gasteiger partial charge in [-0.25, -0.2) is 14.1 Å². The highest BCUT2D eigenvalue weighted by Crippen LogP contribution is 2.14. The van der Waals surface area contributed by atoms with E-state index >= 15 is 0 Å². The van der Waals surface area contributed by atoms with Gasteiger partial charge in [-0.1, -0.05) is 13.8 Å². The third kappa shape index (κ3) is 2.30. The van der Waals surface area contributed by atoms with Crippen LogP contribution in [0, 0.1) is 5.82 Å². The zero-order valence-electron chi connectivity index (χ0n) is 10.4. The molecule has 5 heteroatoms. The lowest BCUT2D eigenvalue weighted by Crippen LogP contribution is -2.03. The highest BCUT2D eigenvalue weighted by atomic mass is 19.1. The molecule has 0 fully saturated rings. The Morgan fingerprint density at radius 1 is 1.28 bits per heavy atom. The number of hydrogen-bond donors (Lipinski definition) is 0. The number of aromatic nitrogens is 3. The smallest absolute Gasteiger partial charge is 0.151 e. The van der Waals surface area contributed by atoms with Crippen LogP contribution in [0.4, 0.5) is 4.39 Å². The fourth-order valence-corrected chi connectivity index (χ4v) is 1.76. The summed E-state index contributed by atoms with van der Waals surface area (Å²) in [6.07, 6.45) is 2.03. The van der Waals surface area contributed by atoms with Gasteiger partial charge in [-0.15, -0.1) is 0 Å². The number of aldehydes is 1. The van der Waals surface area contributed by atoms with Gasteiger partial charge in [0.15, 0.2) is 5.82 Å². The lowest BCUT2D eigenvalue weighted by Gasteiger charge is -2.05. The van der Waals surface area contributed by atoms with Crippen LogP contribution in [0.25, 0.3) is 5.69 Å². The minimum Gasteiger partial charge on any atom is -0.298 e. The Balaban J connectivity index is 2.56. The molecule has 0 saturated carbocycles. The Morgan fingerprint density at radius 2 is 2.06 bits per heavy atom. The maximum atomic E-state index is 13.4. The first-order valence-corrected chi connectivity index (χ1v) is 5.88. The number of aryl methyl sites for hydroxylation is 2. The second-order valence-electron chi connectivity index (χ2n) is 3.92. The molecule has 0 unspecified atom stereocenters. The Morgan fingerprint density at radius 3 is 2.67 bits per heavy atom. The van der Waals surface area contributed by atoms with E-state index in [1.54, 1.807) is 10.7 Å². The van der Waals surface area contributed by atoms with E-state index in [1.807, 2.05) is 13.8 Å². The molecule has 0 aliphatic heterocycles. The Kier molecular flexibility index (Phi) is 3.50. The predicted octanol–water partition coefficient (Wildman–Crippen LogP) is 2.34. The van der Waals surface area contributed by atoms with E-state index in [4.69, 9.17) is 0 Å². The Labute approximate surface area is 104 Å². The van der Waals surface area contributed by atoms with Gasteiger partial charge in [-0.2, -0.15) is 5.10 Å². The summed E-state index contributed by atoms with van der Waals surface area (Å²) >= 11 is 0. The molecule has 1 aromatic carbocycles. The number of rotatable bonds is 4. The van der Waals surface area contributed by atoms with Crippen molar-refractivity contribution in [3.8, 4) is 5.69 Å². The van der Waals surface area contributed by atoms with Gasteiger partial charge in [-0.05, 0) is 18.2 Å². The number of nitrogens with zero attached hydrogens (tertiary/aromatic N) is 3. The van der Waals surface area contributed by atoms with E-state index in [2.05, 4.69) is 10.1 Å². The highest BCUT2D eigenvalue weighted by molar-refractivity contribution is 5.75. The fourth-order valence-electron chi connectivity index (χ4n) is 1.76. The van der Waals surface area contributed by atoms with Crippen LogP contribution in [0.5, 0.6) is 0 Å². The van der Waals surface area contributed by atoms with E-state index in [0.717, 1.165) is 12.2 Å². The van der Waals surface area contributed by atoms with Crippen LogP contribution in [0.3, 0.4) is 0 Å². The first-order valence-electron chi connectivity index (χ1n) is 5.88. The maximum absolute atomic E-state index is 13.4. The second-order valence-corrected chi connectivity index (χ2v) is 3.92. The first-order chi connectivity index (χ1) is 8.67. The number of benzene rings is 1. The number of carbonyl (C=O) groups is 1. The monoisotopic (exact) mass is 247 g/mol. The van der Waals surface area contributed by atoms with Crippen molar-refractivity contribution in [3.05, 3.63) is 41.2 Å². The molecule has 2 aromatic rings. The molecule has 0 saturated heterocycles. The molecule has 1 heterocycles. The number of carbonyl (C=O) groups excluding carboxylic acids is 1. The summed E-state index contributed by atoms with van der Waals surface area (Å²) in [4.78, 5) is 15.1. The van der Waals surface area contributed by atoms with Crippen LogP contribution >= 0.6 is 0 Å². The van der Waals surface area contributed by atoms with Crippen LogP contribution in [0.1, 0.15) is 35.9 Å². The summed E-state index contributed by atoms with van der Waals surface area (Å²) in [5, 5.41) is 4.31. The summed E-state index contributed by atoms with van der Waals surface area (Å²) in [5.74, 6) is 1.02. The topological polar surface area (TPSA) is 47.8 Å². The summed E-state index contributed by atoms with van der Waals surface area (Å²) in [5.41, 5.74) is 0.821. The highest BCUT2D eigenvalue weighted by Gasteiger charge is 2.10. The van der Waals surface area contributed by atoms with E-state index in [0.29, 0.717) is 29.8 Å². The SMILES string of the molecule is CCc1nc(CC)n(-c2cc(F)cc(C=O)c2)n1. The minimum atomic E-state index is -0.454. The number of hydrogen-bond acceptors (Lipinski definition) is 3. The molecular formula is C13H14FN3O. The van der Waals surface area contributed by atoms with Gasteiger partial charge in [0.1, 0.15) is 17.9 Å². The largest absolute Gasteiger partial charge is 0.298 e. The van der Waals surface area contributed by atoms with Gasteiger partial charge < -0.3 is 0 Å². The van der Waals surface area contributed by atoms with Crippen LogP contribution in [0.2, 0.25) is 0 Å². The van der Waals surface area contributed by atoms with E-state index in [1.165, 1.54) is 12.1 Å². The van der Waals surface area contributed by atoms with E-state index in [-0.39, 0.29) is 0 Å². The lowest BCUT2D eigenvalue weighted by atomic mass is 10.2. The molecule has 0 spiro atoms. The normalized spacial score (nSPS) is 10.6. The molecule has 0 aliphatic rings. The lowest BCUT2D eigenvalue weighted by molar-refractivity contribution is 0.112. The van der Waals surface area contributed by atoms with Crippen molar-refractivity contribution in [2.45, 2.75) is 26.7 Å². The summed E-state index contributed by atoms with van der Waals surface area (Å²) < 4.78 is 15.0. The van der Waals surface area contributed by atoms with Crippen LogP contribution in [-0.4, -0.2) is 21.1 Å². The third-order valence-corrected chi connectivity index (χ3v) is 2.64. The molecule has 0 radical (unpaired) electrons. The molecular weight excluding hydrogens is 233 g/mol. The minimum absolute atomic E-state index is 0.292. The van der Waals surface area contributed by atoms with Gasteiger partial charge in [0, 0.05) is 18.4 Å². The molecule has 2 rings (SSSR count). The van der Waals surface area contributed by atoms with Crippen molar-refractivity contribution >= 4 is 6.29 Å². The van der Waals surface area contributed by atoms with Crippen molar-refractivity contribution in [2.75, 3.05) is 0 Å². The van der Waals surface area contributed by atoms with Crippen molar-refractivity contribution in [1.29, 1.82) is 0 Å². The van der Waals surface area contributed by atoms with Gasteiger partial charge in [-0.3, -0.25) is 4.79 Å². The van der Waals surface area contributed by atoms with Crippen LogP contribution in [-0.2, 0) is 12.8 Å². The molecule has 0 atom stereocenters. The summed E-state index contributed by atoms with van der Waals surface area (Å²) in [6, 6.07) is 4.14. The standard InChI is InChI=1S/C13H14FN3O/c1-3-12-15-13(4-2)17(16-12)11-6-9(8-18)5-10(14)7-11/h5-8H,3-4H2,1-2H3. The average molecular weight is 247 g/mol. The maximum Gasteiger partial charge on any atom is 0.151 e.